The van der Waals surface area contributed by atoms with E-state index in [2.05, 4.69) is 10.3 Å². The van der Waals surface area contributed by atoms with Gasteiger partial charge in [0.1, 0.15) is 0 Å². The van der Waals surface area contributed by atoms with Crippen molar-refractivity contribution in [2.75, 3.05) is 19.6 Å². The molecule has 26 heavy (non-hydrogen) atoms. The minimum Gasteiger partial charge on any atom is -0.392 e. The summed E-state index contributed by atoms with van der Waals surface area (Å²) in [4.78, 5) is 16.3. The number of sulfonamides is 1. The van der Waals surface area contributed by atoms with Crippen molar-refractivity contribution in [1.29, 1.82) is 0 Å². The van der Waals surface area contributed by atoms with E-state index in [1.807, 2.05) is 12.1 Å². The van der Waals surface area contributed by atoms with Crippen LogP contribution in [0.25, 0.3) is 0 Å². The molecule has 0 aliphatic carbocycles. The number of amides is 1. The van der Waals surface area contributed by atoms with Crippen LogP contribution in [0.4, 0.5) is 0 Å². The highest BCUT2D eigenvalue weighted by Gasteiger charge is 2.31. The number of hydrogen-bond donors (Lipinski definition) is 2. The van der Waals surface area contributed by atoms with Crippen molar-refractivity contribution < 1.29 is 18.3 Å². The predicted octanol–water partition coefficient (Wildman–Crippen LogP) is 0.809. The van der Waals surface area contributed by atoms with E-state index in [0.29, 0.717) is 24.9 Å². The lowest BCUT2D eigenvalue weighted by Crippen LogP contribution is -2.30. The van der Waals surface area contributed by atoms with Crippen molar-refractivity contribution in [3.8, 4) is 0 Å². The number of nitrogens with zero attached hydrogens (tertiary/aromatic N) is 2. The highest BCUT2D eigenvalue weighted by atomic mass is 32.2. The van der Waals surface area contributed by atoms with Crippen molar-refractivity contribution in [2.24, 2.45) is 0 Å². The van der Waals surface area contributed by atoms with E-state index >= 15 is 0 Å². The molecule has 1 aromatic heterocycles. The third kappa shape index (κ3) is 4.27. The van der Waals surface area contributed by atoms with Crippen molar-refractivity contribution in [1.82, 2.24) is 14.6 Å². The van der Waals surface area contributed by atoms with Crippen LogP contribution in [0, 0.1) is 0 Å². The largest absolute Gasteiger partial charge is 0.392 e. The molecule has 1 amide bonds. The Morgan fingerprint density at radius 1 is 1.27 bits per heavy atom. The second-order valence-corrected chi connectivity index (χ2v) is 8.13. The highest BCUT2D eigenvalue weighted by Crippen LogP contribution is 2.21. The van der Waals surface area contributed by atoms with Gasteiger partial charge in [-0.3, -0.25) is 9.78 Å². The fraction of sp³-hybridized carbons (Fsp3) is 0.333. The first-order valence-electron chi connectivity index (χ1n) is 8.42. The molecule has 3 rings (SSSR count). The van der Waals surface area contributed by atoms with Crippen LogP contribution in [0.3, 0.4) is 0 Å². The molecular weight excluding hydrogens is 354 g/mol. The highest BCUT2D eigenvalue weighted by molar-refractivity contribution is 7.89. The lowest BCUT2D eigenvalue weighted by molar-refractivity contribution is 0.0954. The zero-order valence-electron chi connectivity index (χ0n) is 14.2. The maximum atomic E-state index is 12.6. The standard InChI is InChI=1S/C18H21N3O4S/c22-16-7-11-21(13-16)26(24,25)17-3-1-2-15(12-17)18(23)20-10-6-14-4-8-19-9-5-14/h1-5,8-9,12,16,22H,6-7,10-11,13H2,(H,20,23)/t16-/m1/s1. The van der Waals surface area contributed by atoms with Crippen LogP contribution in [0.1, 0.15) is 22.3 Å². The van der Waals surface area contributed by atoms with E-state index in [4.69, 9.17) is 0 Å². The van der Waals surface area contributed by atoms with Crippen LogP contribution >= 0.6 is 0 Å². The van der Waals surface area contributed by atoms with Gasteiger partial charge in [0.15, 0.2) is 0 Å². The Labute approximate surface area is 152 Å². The summed E-state index contributed by atoms with van der Waals surface area (Å²) in [6.45, 7) is 0.814. The molecule has 8 heteroatoms. The van der Waals surface area contributed by atoms with Gasteiger partial charge < -0.3 is 10.4 Å². The SMILES string of the molecule is O=C(NCCc1ccncc1)c1cccc(S(=O)(=O)N2CC[C@@H](O)C2)c1. The molecule has 1 aliphatic heterocycles. The van der Waals surface area contributed by atoms with Crippen molar-refractivity contribution >= 4 is 15.9 Å². The first-order chi connectivity index (χ1) is 12.5. The normalized spacial score (nSPS) is 18.0. The molecule has 0 spiro atoms. The van der Waals surface area contributed by atoms with Crippen LogP contribution < -0.4 is 5.32 Å². The number of carbonyl (C=O) groups excluding carboxylic acids is 1. The summed E-state index contributed by atoms with van der Waals surface area (Å²) in [5, 5.41) is 12.4. The van der Waals surface area contributed by atoms with E-state index in [1.165, 1.54) is 16.4 Å². The van der Waals surface area contributed by atoms with Gasteiger partial charge in [-0.05, 0) is 48.7 Å². The van der Waals surface area contributed by atoms with E-state index < -0.39 is 16.1 Å². The second kappa shape index (κ2) is 7.94. The third-order valence-corrected chi connectivity index (χ3v) is 6.17. The van der Waals surface area contributed by atoms with Gasteiger partial charge in [0, 0.05) is 37.6 Å². The van der Waals surface area contributed by atoms with Gasteiger partial charge in [-0.2, -0.15) is 4.31 Å². The fourth-order valence-electron chi connectivity index (χ4n) is 2.85. The Kier molecular flexibility index (Phi) is 5.65. The molecular formula is C18H21N3O4S. The number of aliphatic hydroxyl groups is 1. The first-order valence-corrected chi connectivity index (χ1v) is 9.86. The molecule has 1 aliphatic rings. The van der Waals surface area contributed by atoms with Crippen molar-refractivity contribution in [2.45, 2.75) is 23.8 Å². The Hall–Kier alpha value is -2.29. The Morgan fingerprint density at radius 2 is 2.04 bits per heavy atom. The smallest absolute Gasteiger partial charge is 0.251 e. The average Bonchev–Trinajstić information content (AvgIpc) is 3.10. The van der Waals surface area contributed by atoms with Crippen LogP contribution in [0.5, 0.6) is 0 Å². The van der Waals surface area contributed by atoms with Gasteiger partial charge in [-0.25, -0.2) is 8.42 Å². The van der Waals surface area contributed by atoms with Crippen molar-refractivity contribution in [3.63, 3.8) is 0 Å². The topological polar surface area (TPSA) is 99.6 Å². The lowest BCUT2D eigenvalue weighted by Gasteiger charge is -2.16. The zero-order chi connectivity index (χ0) is 18.6. The van der Waals surface area contributed by atoms with Gasteiger partial charge in [-0.1, -0.05) is 6.07 Å². The second-order valence-electron chi connectivity index (χ2n) is 6.19. The van der Waals surface area contributed by atoms with E-state index in [0.717, 1.165) is 5.56 Å². The molecule has 2 heterocycles. The summed E-state index contributed by atoms with van der Waals surface area (Å²) in [6, 6.07) is 9.74. The van der Waals surface area contributed by atoms with Gasteiger partial charge in [0.05, 0.1) is 11.0 Å². The number of rotatable bonds is 6. The van der Waals surface area contributed by atoms with Gasteiger partial charge in [0.2, 0.25) is 10.0 Å². The fourth-order valence-corrected chi connectivity index (χ4v) is 4.39. The maximum Gasteiger partial charge on any atom is 0.251 e. The molecule has 7 nitrogen and oxygen atoms in total. The van der Waals surface area contributed by atoms with E-state index in [9.17, 15) is 18.3 Å². The number of nitrogens with one attached hydrogen (secondary N) is 1. The van der Waals surface area contributed by atoms with Crippen LogP contribution in [0.15, 0.2) is 53.7 Å². The Morgan fingerprint density at radius 3 is 2.73 bits per heavy atom. The number of aliphatic hydroxyl groups excluding tert-OH is 1. The molecule has 2 aromatic rings. The van der Waals surface area contributed by atoms with Crippen LogP contribution in [-0.2, 0) is 16.4 Å². The van der Waals surface area contributed by atoms with Gasteiger partial charge in [0.25, 0.3) is 5.91 Å². The maximum absolute atomic E-state index is 12.6. The van der Waals surface area contributed by atoms with Crippen LogP contribution in [-0.4, -0.2) is 54.5 Å². The molecule has 1 atom stereocenters. The summed E-state index contributed by atoms with van der Waals surface area (Å²) < 4.78 is 26.5. The Bertz CT molecular complexity index is 871. The van der Waals surface area contributed by atoms with E-state index in [1.54, 1.807) is 24.5 Å². The minimum atomic E-state index is -3.70. The predicted molar refractivity (Wildman–Crippen MR) is 96.1 cm³/mol. The first kappa shape index (κ1) is 18.5. The molecule has 1 aromatic carbocycles. The average molecular weight is 375 g/mol. The number of hydrogen-bond acceptors (Lipinski definition) is 5. The van der Waals surface area contributed by atoms with Gasteiger partial charge >= 0.3 is 0 Å². The molecule has 138 valence electrons. The quantitative estimate of drug-likeness (QED) is 0.778. The molecule has 0 bridgehead atoms. The van der Waals surface area contributed by atoms with Gasteiger partial charge in [-0.15, -0.1) is 0 Å². The molecule has 0 unspecified atom stereocenters. The number of β-amino-alcohol motifs (C(OH)–C–C–N with tert-alkyl or cyclic N) is 1. The number of aromatic nitrogens is 1. The molecule has 2 N–H and O–H groups in total. The summed E-state index contributed by atoms with van der Waals surface area (Å²) in [6.07, 6.45) is 3.85. The summed E-state index contributed by atoms with van der Waals surface area (Å²) in [5.41, 5.74) is 1.35. The molecule has 1 saturated heterocycles. The molecule has 0 saturated carbocycles. The van der Waals surface area contributed by atoms with Crippen LogP contribution in [0.2, 0.25) is 0 Å². The summed E-state index contributed by atoms with van der Waals surface area (Å²) in [7, 11) is -3.70. The number of pyridine rings is 1. The number of carbonyl (C=O) groups is 1. The molecule has 1 fully saturated rings. The van der Waals surface area contributed by atoms with E-state index in [-0.39, 0.29) is 23.9 Å². The monoisotopic (exact) mass is 375 g/mol. The zero-order valence-corrected chi connectivity index (χ0v) is 15.0. The summed E-state index contributed by atoms with van der Waals surface area (Å²) in [5.74, 6) is -0.322. The Balaban J connectivity index is 1.65. The van der Waals surface area contributed by atoms with Crippen molar-refractivity contribution in [3.05, 3.63) is 59.9 Å². The number of benzene rings is 1. The summed E-state index contributed by atoms with van der Waals surface area (Å²) >= 11 is 0. The third-order valence-electron chi connectivity index (χ3n) is 4.31. The minimum absolute atomic E-state index is 0.0633. The molecule has 0 radical (unpaired) electrons. The lowest BCUT2D eigenvalue weighted by atomic mass is 10.2.